The monoisotopic (exact) mass is 332 g/mol. The van der Waals surface area contributed by atoms with Crippen molar-refractivity contribution in [3.8, 4) is 11.5 Å². The van der Waals surface area contributed by atoms with Gasteiger partial charge in [-0.3, -0.25) is 0 Å². The van der Waals surface area contributed by atoms with Gasteiger partial charge in [0.25, 0.3) is 0 Å². The van der Waals surface area contributed by atoms with E-state index in [0.29, 0.717) is 16.4 Å². The van der Waals surface area contributed by atoms with Gasteiger partial charge < -0.3 is 15.2 Å². The Bertz CT molecular complexity index is 466. The molecule has 0 aliphatic rings. The summed E-state index contributed by atoms with van der Waals surface area (Å²) in [7, 11) is 1.50. The van der Waals surface area contributed by atoms with Crippen LogP contribution in [0.15, 0.2) is 16.6 Å². The first-order valence-corrected chi connectivity index (χ1v) is 6.47. The SMILES string of the molecule is CCNC(=S)N/[NH+]=C/c1cc(Br)cc(OC)c1O. The van der Waals surface area contributed by atoms with Crippen LogP contribution in [0.2, 0.25) is 0 Å². The van der Waals surface area contributed by atoms with Crippen LogP contribution in [0.25, 0.3) is 0 Å². The molecule has 1 rings (SSSR count). The number of rotatable bonds is 4. The topological polar surface area (TPSA) is 67.5 Å². The first-order chi connectivity index (χ1) is 8.58. The van der Waals surface area contributed by atoms with E-state index in [0.717, 1.165) is 11.0 Å². The fourth-order valence-electron chi connectivity index (χ4n) is 1.24. The highest BCUT2D eigenvalue weighted by atomic mass is 79.9. The maximum absolute atomic E-state index is 9.89. The second-order valence-electron chi connectivity index (χ2n) is 3.32. The van der Waals surface area contributed by atoms with Gasteiger partial charge in [0.2, 0.25) is 11.3 Å². The molecule has 0 spiro atoms. The normalized spacial score (nSPS) is 10.4. The number of benzene rings is 1. The zero-order chi connectivity index (χ0) is 13.5. The molecule has 0 radical (unpaired) electrons. The molecular weight excluding hydrogens is 318 g/mol. The molecule has 5 nitrogen and oxygen atoms in total. The molecule has 0 aliphatic heterocycles. The fraction of sp³-hybridized carbons (Fsp3) is 0.273. The number of halogens is 1. The van der Waals surface area contributed by atoms with Crippen LogP contribution in [0.1, 0.15) is 12.5 Å². The molecule has 0 saturated heterocycles. The molecule has 0 bridgehead atoms. The summed E-state index contributed by atoms with van der Waals surface area (Å²) in [6.45, 7) is 2.69. The molecule has 0 saturated carbocycles. The van der Waals surface area contributed by atoms with Gasteiger partial charge in [-0.1, -0.05) is 15.9 Å². The van der Waals surface area contributed by atoms with Gasteiger partial charge in [0, 0.05) is 11.0 Å². The smallest absolute Gasteiger partial charge is 0.223 e. The molecule has 0 amide bonds. The van der Waals surface area contributed by atoms with Crippen LogP contribution >= 0.6 is 28.1 Å². The molecule has 18 heavy (non-hydrogen) atoms. The minimum atomic E-state index is 0.0596. The Morgan fingerprint density at radius 1 is 1.61 bits per heavy atom. The molecule has 0 aromatic heterocycles. The fourth-order valence-corrected chi connectivity index (χ4v) is 1.90. The lowest BCUT2D eigenvalue weighted by Gasteiger charge is -2.05. The zero-order valence-electron chi connectivity index (χ0n) is 10.1. The molecular formula is C11H15BrN3O2S+. The van der Waals surface area contributed by atoms with Crippen molar-refractivity contribution in [3.05, 3.63) is 22.2 Å². The molecule has 0 atom stereocenters. The predicted octanol–water partition coefficient (Wildman–Crippen LogP) is 0.0618. The summed E-state index contributed by atoms with van der Waals surface area (Å²) in [6, 6.07) is 3.44. The number of nitrogens with one attached hydrogen (secondary N) is 3. The van der Waals surface area contributed by atoms with E-state index in [2.05, 4.69) is 31.8 Å². The van der Waals surface area contributed by atoms with Gasteiger partial charge in [0.1, 0.15) is 0 Å². The Labute approximate surface area is 119 Å². The average molecular weight is 333 g/mol. The first-order valence-electron chi connectivity index (χ1n) is 5.27. The Morgan fingerprint density at radius 3 is 2.94 bits per heavy atom. The molecule has 0 fully saturated rings. The van der Waals surface area contributed by atoms with Crippen molar-refractivity contribution in [1.29, 1.82) is 0 Å². The second kappa shape index (κ2) is 7.17. The van der Waals surface area contributed by atoms with Crippen LogP contribution in [0.4, 0.5) is 0 Å². The van der Waals surface area contributed by atoms with Gasteiger partial charge in [-0.25, -0.2) is 0 Å². The molecule has 98 valence electrons. The largest absolute Gasteiger partial charge is 0.504 e. The van der Waals surface area contributed by atoms with E-state index in [1.807, 2.05) is 6.92 Å². The number of hydrazine groups is 1. The number of methoxy groups -OCH3 is 1. The van der Waals surface area contributed by atoms with Crippen molar-refractivity contribution in [1.82, 2.24) is 10.7 Å². The number of hydrogen-bond donors (Lipinski definition) is 4. The van der Waals surface area contributed by atoms with E-state index in [1.54, 1.807) is 18.3 Å². The Kier molecular flexibility index (Phi) is 5.87. The Hall–Kier alpha value is -1.34. The molecule has 1 aromatic carbocycles. The van der Waals surface area contributed by atoms with Crippen LogP contribution in [0, 0.1) is 0 Å². The van der Waals surface area contributed by atoms with E-state index in [4.69, 9.17) is 17.0 Å². The number of phenolic OH excluding ortho intramolecular Hbond substituents is 1. The van der Waals surface area contributed by atoms with E-state index in [9.17, 15) is 5.11 Å². The van der Waals surface area contributed by atoms with Gasteiger partial charge in [-0.15, -0.1) is 10.5 Å². The van der Waals surface area contributed by atoms with E-state index < -0.39 is 0 Å². The maximum atomic E-state index is 9.89. The number of phenols is 1. The van der Waals surface area contributed by atoms with Gasteiger partial charge in [-0.2, -0.15) is 0 Å². The van der Waals surface area contributed by atoms with Crippen molar-refractivity contribution >= 4 is 39.5 Å². The summed E-state index contributed by atoms with van der Waals surface area (Å²) < 4.78 is 5.85. The van der Waals surface area contributed by atoms with E-state index in [-0.39, 0.29) is 5.75 Å². The first kappa shape index (κ1) is 14.7. The summed E-state index contributed by atoms with van der Waals surface area (Å²) in [6.07, 6.45) is 1.59. The van der Waals surface area contributed by atoms with Crippen LogP contribution < -0.4 is 20.6 Å². The van der Waals surface area contributed by atoms with Crippen molar-refractivity contribution < 1.29 is 14.9 Å². The lowest BCUT2D eigenvalue weighted by atomic mass is 10.2. The third kappa shape index (κ3) is 4.15. The van der Waals surface area contributed by atoms with Crippen LogP contribution in [-0.2, 0) is 0 Å². The summed E-state index contributed by atoms with van der Waals surface area (Å²) >= 11 is 8.31. The third-order valence-electron chi connectivity index (χ3n) is 2.04. The molecule has 4 N–H and O–H groups in total. The van der Waals surface area contributed by atoms with Crippen molar-refractivity contribution in [2.24, 2.45) is 0 Å². The van der Waals surface area contributed by atoms with Crippen molar-refractivity contribution in [2.75, 3.05) is 13.7 Å². The third-order valence-corrected chi connectivity index (χ3v) is 2.74. The zero-order valence-corrected chi connectivity index (χ0v) is 12.5. The lowest BCUT2D eigenvalue weighted by molar-refractivity contribution is -0.500. The molecule has 1 aromatic rings. The minimum Gasteiger partial charge on any atom is -0.504 e. The van der Waals surface area contributed by atoms with E-state index in [1.165, 1.54) is 7.11 Å². The Balaban J connectivity index is 2.81. The van der Waals surface area contributed by atoms with Gasteiger partial charge in [-0.05, 0) is 31.3 Å². The van der Waals surface area contributed by atoms with Gasteiger partial charge >= 0.3 is 0 Å². The number of hydrazone groups is 1. The average Bonchev–Trinajstić information content (AvgIpc) is 2.33. The molecule has 0 aliphatic carbocycles. The summed E-state index contributed by atoms with van der Waals surface area (Å²) in [5.41, 5.74) is 3.34. The molecule has 0 heterocycles. The van der Waals surface area contributed by atoms with Gasteiger partial charge in [0.15, 0.2) is 11.5 Å². The van der Waals surface area contributed by atoms with Crippen molar-refractivity contribution in [3.63, 3.8) is 0 Å². The second-order valence-corrected chi connectivity index (χ2v) is 4.64. The highest BCUT2D eigenvalue weighted by molar-refractivity contribution is 9.10. The van der Waals surface area contributed by atoms with Crippen LogP contribution in [-0.4, -0.2) is 30.1 Å². The summed E-state index contributed by atoms with van der Waals surface area (Å²) in [5, 5.41) is 16.1. The van der Waals surface area contributed by atoms with E-state index >= 15 is 0 Å². The molecule has 0 unspecified atom stereocenters. The minimum absolute atomic E-state index is 0.0596. The quantitative estimate of drug-likeness (QED) is 0.357. The Morgan fingerprint density at radius 2 is 2.33 bits per heavy atom. The lowest BCUT2D eigenvalue weighted by Crippen LogP contribution is -2.82. The summed E-state index contributed by atoms with van der Waals surface area (Å²) in [4.78, 5) is 0. The maximum Gasteiger partial charge on any atom is 0.223 e. The number of thiocarbonyl (C=S) groups is 1. The number of ether oxygens (including phenoxy) is 1. The summed E-state index contributed by atoms with van der Waals surface area (Å²) in [5.74, 6) is 0.455. The van der Waals surface area contributed by atoms with Crippen molar-refractivity contribution in [2.45, 2.75) is 6.92 Å². The number of hydrogen-bond acceptors (Lipinski definition) is 3. The van der Waals surface area contributed by atoms with Crippen LogP contribution in [0.5, 0.6) is 11.5 Å². The predicted molar refractivity (Wildman–Crippen MR) is 77.9 cm³/mol. The standard InChI is InChI=1S/C11H14BrN3O2S/c1-3-13-11(18)15-14-6-7-4-8(12)5-9(17-2)10(7)16/h4-6,16H,3H2,1-2H3,(H2,13,15,18)/p+1/b14-6+. The highest BCUT2D eigenvalue weighted by Crippen LogP contribution is 2.32. The number of aromatic hydroxyl groups is 1. The van der Waals surface area contributed by atoms with Gasteiger partial charge in [0.05, 0.1) is 12.7 Å². The molecule has 7 heteroatoms. The highest BCUT2D eigenvalue weighted by Gasteiger charge is 2.10. The van der Waals surface area contributed by atoms with Crippen LogP contribution in [0.3, 0.4) is 0 Å².